The van der Waals surface area contributed by atoms with E-state index in [9.17, 15) is 53.4 Å². The number of hydrogen-bond donors (Lipinski definition) is 7. The summed E-state index contributed by atoms with van der Waals surface area (Å²) >= 11 is 0. The highest BCUT2D eigenvalue weighted by molar-refractivity contribution is 7.47. The van der Waals surface area contributed by atoms with Crippen LogP contribution < -0.4 is 22.5 Å². The zero-order valence-corrected chi connectivity index (χ0v) is 35.6. The van der Waals surface area contributed by atoms with Crippen LogP contribution in [0.15, 0.2) is 71.0 Å². The number of nitrogens with two attached hydrogens (primary N) is 2. The first-order valence-corrected chi connectivity index (χ1v) is 22.3. The molecule has 7 rings (SSSR count). The van der Waals surface area contributed by atoms with E-state index in [1.807, 2.05) is 0 Å². The fourth-order valence-corrected chi connectivity index (χ4v) is 8.09. The number of hydrogen-bond acceptors (Lipinski definition) is 22. The molecular weight excluding hydrogens is 924 g/mol. The topological polar surface area (TPSA) is 416 Å². The summed E-state index contributed by atoms with van der Waals surface area (Å²) in [6.45, 7) is 1.40. The second-order valence-corrected chi connectivity index (χ2v) is 16.9. The van der Waals surface area contributed by atoms with Crippen molar-refractivity contribution in [3.05, 3.63) is 94.0 Å². The minimum absolute atomic E-state index is 0.0369. The number of carbonyl (C=O) groups is 2. The molecule has 0 saturated carbocycles. The number of fused-ring (bicyclic) bond motifs is 1. The van der Waals surface area contributed by atoms with Gasteiger partial charge in [0.05, 0.1) is 31.0 Å². The van der Waals surface area contributed by atoms with Crippen LogP contribution in [0.1, 0.15) is 48.1 Å². The van der Waals surface area contributed by atoms with E-state index >= 15 is 0 Å². The zero-order valence-electron chi connectivity index (χ0n) is 33.8. The molecule has 0 bridgehead atoms. The number of nitrogen functional groups attached to an aromatic ring is 2. The third-order valence-corrected chi connectivity index (χ3v) is 11.3. The summed E-state index contributed by atoms with van der Waals surface area (Å²) in [5, 5.41) is 25.7. The molecule has 4 aromatic heterocycles. The van der Waals surface area contributed by atoms with Gasteiger partial charge in [0.25, 0.3) is 5.69 Å². The second-order valence-electron chi connectivity index (χ2n) is 14.3. The van der Waals surface area contributed by atoms with E-state index in [1.165, 1.54) is 41.4 Å². The number of aliphatic hydroxyl groups is 1. The van der Waals surface area contributed by atoms with E-state index in [0.29, 0.717) is 6.42 Å². The molecule has 2 saturated heterocycles. The maximum absolute atomic E-state index is 14.1. The van der Waals surface area contributed by atoms with Gasteiger partial charge in [-0.2, -0.15) is 4.98 Å². The lowest BCUT2D eigenvalue weighted by Gasteiger charge is -2.23. The van der Waals surface area contributed by atoms with Crippen LogP contribution in [0.2, 0.25) is 0 Å². The van der Waals surface area contributed by atoms with Crippen LogP contribution in [0, 0.1) is 10.1 Å². The fourth-order valence-electron chi connectivity index (χ4n) is 6.79. The average Bonchev–Trinajstić information content (AvgIpc) is 4.05. The van der Waals surface area contributed by atoms with Gasteiger partial charge in [0.15, 0.2) is 35.3 Å². The Morgan fingerprint density at radius 3 is 2.47 bits per heavy atom. The normalized spacial score (nSPS) is 22.8. The van der Waals surface area contributed by atoms with Crippen LogP contribution in [0.5, 0.6) is 0 Å². The number of benzene rings is 1. The first-order chi connectivity index (χ1) is 31.3. The van der Waals surface area contributed by atoms with Gasteiger partial charge >= 0.3 is 27.3 Å². The average molecular weight is 964 g/mol. The highest BCUT2D eigenvalue weighted by atomic mass is 31.2. The summed E-state index contributed by atoms with van der Waals surface area (Å²) < 4.78 is 65.9. The highest BCUT2D eigenvalue weighted by Gasteiger charge is 2.50. The van der Waals surface area contributed by atoms with Crippen molar-refractivity contribution in [2.24, 2.45) is 0 Å². The van der Waals surface area contributed by atoms with Crippen LogP contribution in [0.4, 0.5) is 17.3 Å². The number of non-ortho nitro benzene ring substituents is 1. The number of imidazole rings is 1. The number of oxazole rings is 1. The minimum atomic E-state index is -5.30. The van der Waals surface area contributed by atoms with E-state index in [0.717, 1.165) is 23.0 Å². The number of rotatable bonds is 19. The smallest absolute Gasteiger partial charge is 0.452 e. The van der Waals surface area contributed by atoms with Gasteiger partial charge in [-0.3, -0.25) is 37.6 Å². The number of anilines is 2. The van der Waals surface area contributed by atoms with Crippen molar-refractivity contribution in [2.45, 2.75) is 68.8 Å². The number of ether oxygens (including phenoxy) is 3. The summed E-state index contributed by atoms with van der Waals surface area (Å²) in [5.74, 6) is -2.28. The summed E-state index contributed by atoms with van der Waals surface area (Å²) in [6.07, 6.45) is -5.94. The summed E-state index contributed by atoms with van der Waals surface area (Å²) in [7, 11) is -10.4. The zero-order chi connectivity index (χ0) is 47.5. The number of phosphoric ester groups is 2. The summed E-state index contributed by atoms with van der Waals surface area (Å²) in [5.41, 5.74) is 10.1. The minimum Gasteiger partial charge on any atom is -0.452 e. The number of allylic oxidation sites excluding steroid dienone is 1. The Balaban J connectivity index is 1.16. The molecule has 29 nitrogen and oxygen atoms in total. The molecule has 2 fully saturated rings. The second kappa shape index (κ2) is 19.6. The molecule has 5 aromatic rings. The van der Waals surface area contributed by atoms with E-state index in [4.69, 9.17) is 39.1 Å². The van der Waals surface area contributed by atoms with Crippen molar-refractivity contribution in [3.8, 4) is 11.3 Å². The Bertz CT molecular complexity index is 2780. The number of amides is 1. The van der Waals surface area contributed by atoms with E-state index in [1.54, 1.807) is 0 Å². The van der Waals surface area contributed by atoms with Crippen molar-refractivity contribution in [3.63, 3.8) is 0 Å². The first-order valence-electron chi connectivity index (χ1n) is 19.3. The lowest BCUT2D eigenvalue weighted by Crippen LogP contribution is -2.38. The maximum atomic E-state index is 14.1. The van der Waals surface area contributed by atoms with Crippen LogP contribution >= 0.6 is 15.6 Å². The van der Waals surface area contributed by atoms with Crippen molar-refractivity contribution >= 4 is 56.0 Å². The molecular formula is C35H39N11O18P2. The van der Waals surface area contributed by atoms with Gasteiger partial charge < -0.3 is 55.2 Å². The highest BCUT2D eigenvalue weighted by Crippen LogP contribution is 2.50. The number of esters is 1. The molecule has 1 aromatic carbocycles. The monoisotopic (exact) mass is 963 g/mol. The maximum Gasteiger partial charge on any atom is 0.472 e. The van der Waals surface area contributed by atoms with Gasteiger partial charge in [-0.1, -0.05) is 6.08 Å². The molecule has 2 aliphatic rings. The van der Waals surface area contributed by atoms with Gasteiger partial charge in [-0.15, -0.1) is 6.58 Å². The SMILES string of the molecule is C=CCCC(=O)NCc1nc(C(=O)OC2[C@@H](COP(=O)(O)OC3C[C@H](n4ccc(N)nc4=O)O[C@@H]3COP(=O)(O)O)O[C@@H](n3cnc4c(N)ncnc43)[C@H]2O)c(-c2ccc([N+](=O)[O-])cc2)o1. The Kier molecular flexibility index (Phi) is 14.2. The number of phosphoric acid groups is 2. The van der Waals surface area contributed by atoms with Gasteiger partial charge in [-0.05, 0) is 24.6 Å². The number of nitro groups is 1. The molecule has 0 aliphatic carbocycles. The number of carbonyl (C=O) groups excluding carboxylic acids is 2. The van der Waals surface area contributed by atoms with Crippen molar-refractivity contribution in [1.29, 1.82) is 0 Å². The van der Waals surface area contributed by atoms with Crippen LogP contribution in [-0.2, 0) is 48.3 Å². The molecule has 8 atom stereocenters. The fraction of sp³-hybridized carbons (Fsp3) is 0.371. The lowest BCUT2D eigenvalue weighted by molar-refractivity contribution is -0.384. The summed E-state index contributed by atoms with van der Waals surface area (Å²) in [4.78, 5) is 99.4. The van der Waals surface area contributed by atoms with Crippen LogP contribution in [0.25, 0.3) is 22.5 Å². The molecule has 0 spiro atoms. The first kappa shape index (κ1) is 47.6. The van der Waals surface area contributed by atoms with Gasteiger partial charge in [-0.25, -0.2) is 38.7 Å². The quantitative estimate of drug-likeness (QED) is 0.0198. The number of aromatic nitrogens is 7. The standard InChI is InChI=1S/C35H39N11O18P2/c1-2-3-4-23(47)38-12-24-43-26(29(62-24)17-5-7-18(8-6-17)46(51)52)34(49)63-30-21(61-33(28(30)48)45-16-41-27-31(37)39-15-40-32(27)45)14-59-66(56,57)64-19-11-25(44-10-9-22(36)42-35(44)50)60-20(19)13-58-65(53,54)55/h2,5-10,15-16,19-21,25,28,30,33,48H,1,3-4,11-14H2,(H,38,47)(H,56,57)(H2,36,42,50)(H2,37,39,40)(H2,53,54,55)/t19?,20-,21-,25-,28+,30?,33-/m1/s1. The van der Waals surface area contributed by atoms with E-state index in [-0.39, 0.29) is 65.1 Å². The number of nitrogens with zero attached hydrogens (tertiary/aromatic N) is 8. The molecule has 1 amide bonds. The molecule has 31 heteroatoms. The molecule has 6 heterocycles. The van der Waals surface area contributed by atoms with Crippen LogP contribution in [-0.4, -0.2) is 114 Å². The Morgan fingerprint density at radius 2 is 1.77 bits per heavy atom. The van der Waals surface area contributed by atoms with Gasteiger partial charge in [0.2, 0.25) is 11.8 Å². The van der Waals surface area contributed by atoms with Crippen LogP contribution in [0.3, 0.4) is 0 Å². The van der Waals surface area contributed by atoms with Crippen molar-refractivity contribution < 1.29 is 75.6 Å². The molecule has 0 radical (unpaired) electrons. The van der Waals surface area contributed by atoms with Crippen molar-refractivity contribution in [1.82, 2.24) is 39.4 Å². The largest absolute Gasteiger partial charge is 0.472 e. The third kappa shape index (κ3) is 11.0. The molecule has 66 heavy (non-hydrogen) atoms. The summed E-state index contributed by atoms with van der Waals surface area (Å²) in [6, 6.07) is 6.06. The lowest BCUT2D eigenvalue weighted by atomic mass is 10.1. The number of nitrogens with one attached hydrogen (secondary N) is 1. The van der Waals surface area contributed by atoms with Crippen molar-refractivity contribution in [2.75, 3.05) is 24.7 Å². The number of aliphatic hydroxyl groups excluding tert-OH is 1. The van der Waals surface area contributed by atoms with E-state index in [2.05, 4.69) is 41.3 Å². The Morgan fingerprint density at radius 1 is 1.03 bits per heavy atom. The molecule has 3 unspecified atom stereocenters. The Hall–Kier alpha value is -6.36. The Labute approximate surface area is 369 Å². The number of nitro benzene ring substituents is 1. The molecule has 352 valence electrons. The van der Waals surface area contributed by atoms with Gasteiger partial charge in [0, 0.05) is 36.7 Å². The van der Waals surface area contributed by atoms with E-state index < -0.39 is 100 Å². The predicted octanol–water partition coefficient (Wildman–Crippen LogP) is 0.776. The predicted molar refractivity (Wildman–Crippen MR) is 219 cm³/mol. The third-order valence-electron chi connectivity index (χ3n) is 9.85. The van der Waals surface area contributed by atoms with Gasteiger partial charge in [0.1, 0.15) is 48.3 Å². The molecule has 2 aliphatic heterocycles. The molecule has 9 N–H and O–H groups in total.